The third-order valence-corrected chi connectivity index (χ3v) is 4.82. The summed E-state index contributed by atoms with van der Waals surface area (Å²) < 4.78 is 0. The number of likely N-dealkylation sites (tertiary alicyclic amines) is 1. The van der Waals surface area contributed by atoms with Crippen LogP contribution in [0.3, 0.4) is 0 Å². The zero-order chi connectivity index (χ0) is 12.9. The number of fused-ring (bicyclic) bond motifs is 1. The molecule has 1 aliphatic carbocycles. The van der Waals surface area contributed by atoms with Gasteiger partial charge in [-0.2, -0.15) is 0 Å². The minimum absolute atomic E-state index is 0.00951. The van der Waals surface area contributed by atoms with Gasteiger partial charge in [0, 0.05) is 6.54 Å². The Balaban J connectivity index is 1.78. The first-order valence-electron chi connectivity index (χ1n) is 7.15. The van der Waals surface area contributed by atoms with Crippen molar-refractivity contribution in [3.63, 3.8) is 0 Å². The molecule has 4 nitrogen and oxygen atoms in total. The van der Waals surface area contributed by atoms with Crippen LogP contribution in [0.25, 0.3) is 0 Å². The molecular weight excluding hydrogens is 228 g/mol. The minimum Gasteiger partial charge on any atom is -0.314 e. The molecule has 2 amide bonds. The van der Waals surface area contributed by atoms with Gasteiger partial charge in [0.1, 0.15) is 0 Å². The lowest BCUT2D eigenvalue weighted by atomic mass is 9.96. The van der Waals surface area contributed by atoms with E-state index in [1.165, 1.54) is 0 Å². The molecule has 3 aliphatic rings. The van der Waals surface area contributed by atoms with E-state index in [2.05, 4.69) is 19.2 Å². The van der Waals surface area contributed by atoms with Crippen LogP contribution in [0, 0.1) is 23.7 Å². The molecule has 2 aliphatic heterocycles. The topological polar surface area (TPSA) is 49.4 Å². The summed E-state index contributed by atoms with van der Waals surface area (Å²) in [6.45, 7) is 6.09. The van der Waals surface area contributed by atoms with Gasteiger partial charge < -0.3 is 5.32 Å². The second-order valence-corrected chi connectivity index (χ2v) is 6.49. The van der Waals surface area contributed by atoms with Crippen LogP contribution in [-0.4, -0.2) is 35.8 Å². The Morgan fingerprint density at radius 2 is 1.56 bits per heavy atom. The molecule has 0 bridgehead atoms. The molecule has 0 spiro atoms. The maximum Gasteiger partial charge on any atom is 0.233 e. The van der Waals surface area contributed by atoms with Crippen molar-refractivity contribution in [2.45, 2.75) is 39.2 Å². The zero-order valence-corrected chi connectivity index (χ0v) is 11.2. The number of nitrogens with one attached hydrogen (secondary N) is 1. The highest BCUT2D eigenvalue weighted by molar-refractivity contribution is 6.05. The molecule has 18 heavy (non-hydrogen) atoms. The third kappa shape index (κ3) is 1.78. The van der Waals surface area contributed by atoms with Crippen LogP contribution in [0.15, 0.2) is 0 Å². The number of hydrogen-bond acceptors (Lipinski definition) is 3. The number of carbonyl (C=O) groups is 2. The highest BCUT2D eigenvalue weighted by Crippen LogP contribution is 2.44. The fraction of sp³-hybridized carbons (Fsp3) is 0.857. The van der Waals surface area contributed by atoms with E-state index < -0.39 is 0 Å². The van der Waals surface area contributed by atoms with Crippen molar-refractivity contribution in [2.24, 2.45) is 23.7 Å². The Labute approximate surface area is 108 Å². The number of imide groups is 1. The first-order chi connectivity index (χ1) is 8.58. The predicted molar refractivity (Wildman–Crippen MR) is 67.7 cm³/mol. The fourth-order valence-electron chi connectivity index (χ4n) is 3.99. The molecule has 2 heterocycles. The van der Waals surface area contributed by atoms with Gasteiger partial charge in [-0.1, -0.05) is 13.8 Å². The van der Waals surface area contributed by atoms with Crippen LogP contribution in [-0.2, 0) is 9.59 Å². The molecule has 1 saturated carbocycles. The standard InChI is InChI=1S/C14H22N2O2/c1-8-4-11-12(5-8)14(18)16(13(11)17)10-3-9(2)6-15-7-10/h8-12,15H,3-7H2,1-2H3. The van der Waals surface area contributed by atoms with Gasteiger partial charge in [-0.15, -0.1) is 0 Å². The van der Waals surface area contributed by atoms with Crippen LogP contribution in [0.5, 0.6) is 0 Å². The van der Waals surface area contributed by atoms with E-state index in [1.807, 2.05) is 0 Å². The van der Waals surface area contributed by atoms with Crippen LogP contribution >= 0.6 is 0 Å². The summed E-state index contributed by atoms with van der Waals surface area (Å²) >= 11 is 0. The van der Waals surface area contributed by atoms with Crippen molar-refractivity contribution in [3.05, 3.63) is 0 Å². The summed E-state index contributed by atoms with van der Waals surface area (Å²) in [5.74, 6) is 1.27. The van der Waals surface area contributed by atoms with E-state index in [1.54, 1.807) is 4.90 Å². The van der Waals surface area contributed by atoms with Crippen molar-refractivity contribution in [1.29, 1.82) is 0 Å². The molecule has 0 radical (unpaired) electrons. The quantitative estimate of drug-likeness (QED) is 0.707. The number of hydrogen-bond donors (Lipinski definition) is 1. The van der Waals surface area contributed by atoms with Gasteiger partial charge in [-0.05, 0) is 37.6 Å². The van der Waals surface area contributed by atoms with E-state index in [4.69, 9.17) is 0 Å². The molecule has 4 heteroatoms. The molecular formula is C14H22N2O2. The summed E-state index contributed by atoms with van der Waals surface area (Å²) in [4.78, 5) is 26.5. The maximum absolute atomic E-state index is 12.4. The van der Waals surface area contributed by atoms with Gasteiger partial charge in [0.15, 0.2) is 0 Å². The number of amides is 2. The SMILES string of the molecule is CC1CC2C(=O)N(C3CNCC(C)C3)C(=O)C2C1. The van der Waals surface area contributed by atoms with E-state index in [-0.39, 0.29) is 29.7 Å². The molecule has 2 saturated heterocycles. The van der Waals surface area contributed by atoms with Crippen LogP contribution in [0.4, 0.5) is 0 Å². The maximum atomic E-state index is 12.4. The van der Waals surface area contributed by atoms with Crippen LogP contribution in [0.1, 0.15) is 33.1 Å². The van der Waals surface area contributed by atoms with Gasteiger partial charge in [-0.3, -0.25) is 14.5 Å². The van der Waals surface area contributed by atoms with Gasteiger partial charge in [-0.25, -0.2) is 0 Å². The third-order valence-electron chi connectivity index (χ3n) is 4.82. The van der Waals surface area contributed by atoms with Crippen molar-refractivity contribution >= 4 is 11.8 Å². The minimum atomic E-state index is -0.00951. The summed E-state index contributed by atoms with van der Waals surface area (Å²) in [7, 11) is 0. The molecule has 1 N–H and O–H groups in total. The van der Waals surface area contributed by atoms with E-state index in [0.29, 0.717) is 11.8 Å². The summed E-state index contributed by atoms with van der Waals surface area (Å²) in [5.41, 5.74) is 0. The first-order valence-corrected chi connectivity index (χ1v) is 7.15. The molecule has 0 aromatic heterocycles. The van der Waals surface area contributed by atoms with Gasteiger partial charge in [0.25, 0.3) is 0 Å². The predicted octanol–water partition coefficient (Wildman–Crippen LogP) is 1.02. The van der Waals surface area contributed by atoms with Crippen LogP contribution < -0.4 is 5.32 Å². The zero-order valence-electron chi connectivity index (χ0n) is 11.2. The lowest BCUT2D eigenvalue weighted by Gasteiger charge is -2.34. The van der Waals surface area contributed by atoms with Gasteiger partial charge in [0.2, 0.25) is 11.8 Å². The molecule has 3 fully saturated rings. The van der Waals surface area contributed by atoms with Gasteiger partial charge >= 0.3 is 0 Å². The summed E-state index contributed by atoms with van der Waals surface area (Å²) in [6.07, 6.45) is 2.77. The Kier molecular flexibility index (Phi) is 2.93. The molecule has 100 valence electrons. The number of piperidine rings is 1. The number of carbonyl (C=O) groups excluding carboxylic acids is 2. The molecule has 0 aromatic carbocycles. The molecule has 3 rings (SSSR count). The number of nitrogens with zero attached hydrogens (tertiary/aromatic N) is 1. The van der Waals surface area contributed by atoms with Crippen molar-refractivity contribution in [1.82, 2.24) is 10.2 Å². The lowest BCUT2D eigenvalue weighted by Crippen LogP contribution is -2.51. The smallest absolute Gasteiger partial charge is 0.233 e. The van der Waals surface area contributed by atoms with E-state index in [9.17, 15) is 9.59 Å². The Morgan fingerprint density at radius 3 is 2.11 bits per heavy atom. The molecule has 4 atom stereocenters. The van der Waals surface area contributed by atoms with Crippen LogP contribution in [0.2, 0.25) is 0 Å². The van der Waals surface area contributed by atoms with Crippen molar-refractivity contribution in [2.75, 3.05) is 13.1 Å². The first kappa shape index (κ1) is 12.2. The Hall–Kier alpha value is -0.900. The van der Waals surface area contributed by atoms with E-state index >= 15 is 0 Å². The highest BCUT2D eigenvalue weighted by Gasteiger charge is 2.53. The Bertz CT molecular complexity index is 358. The molecule has 4 unspecified atom stereocenters. The Morgan fingerprint density at radius 1 is 0.944 bits per heavy atom. The van der Waals surface area contributed by atoms with E-state index in [0.717, 1.165) is 32.4 Å². The average Bonchev–Trinajstić information content (AvgIpc) is 2.79. The summed E-state index contributed by atoms with van der Waals surface area (Å²) in [5, 5.41) is 3.33. The largest absolute Gasteiger partial charge is 0.314 e. The van der Waals surface area contributed by atoms with Crippen molar-refractivity contribution in [3.8, 4) is 0 Å². The second kappa shape index (κ2) is 4.34. The number of rotatable bonds is 1. The monoisotopic (exact) mass is 250 g/mol. The summed E-state index contributed by atoms with van der Waals surface area (Å²) in [6, 6.07) is 0.0923. The highest BCUT2D eigenvalue weighted by atomic mass is 16.2. The normalized spacial score (nSPS) is 44.6. The lowest BCUT2D eigenvalue weighted by molar-refractivity contribution is -0.144. The fourth-order valence-corrected chi connectivity index (χ4v) is 3.99. The second-order valence-electron chi connectivity index (χ2n) is 6.49. The molecule has 0 aromatic rings. The van der Waals surface area contributed by atoms with Gasteiger partial charge in [0.05, 0.1) is 17.9 Å². The van der Waals surface area contributed by atoms with Crippen molar-refractivity contribution < 1.29 is 9.59 Å². The average molecular weight is 250 g/mol.